The summed E-state index contributed by atoms with van der Waals surface area (Å²) in [6.07, 6.45) is 1.48. The molecule has 0 unspecified atom stereocenters. The van der Waals surface area contributed by atoms with Crippen LogP contribution in [-0.2, 0) is 6.61 Å². The summed E-state index contributed by atoms with van der Waals surface area (Å²) in [4.78, 5) is 12.3. The minimum atomic E-state index is -0.459. The number of carbonyl (C=O) groups is 1. The summed E-state index contributed by atoms with van der Waals surface area (Å²) < 4.78 is 30.5. The molecule has 4 aromatic rings. The average molecular weight is 497 g/mol. The van der Waals surface area contributed by atoms with Crippen LogP contribution in [0.3, 0.4) is 0 Å². The van der Waals surface area contributed by atoms with Crippen LogP contribution in [0.15, 0.2) is 80.7 Å². The van der Waals surface area contributed by atoms with E-state index in [0.29, 0.717) is 27.1 Å². The Labute approximate surface area is 191 Å². The third-order valence-electron chi connectivity index (χ3n) is 4.61. The molecule has 0 atom stereocenters. The number of ether oxygens (including phenoxy) is 2. The minimum Gasteiger partial charge on any atom is -0.493 e. The first-order valence-corrected chi connectivity index (χ1v) is 10.4. The number of fused-ring (bicyclic) bond motifs is 1. The predicted octanol–water partition coefficient (Wildman–Crippen LogP) is 5.69. The molecular weight excluding hydrogens is 479 g/mol. The molecule has 0 saturated heterocycles. The minimum absolute atomic E-state index is 0.171. The highest BCUT2D eigenvalue weighted by Crippen LogP contribution is 2.33. The molecule has 32 heavy (non-hydrogen) atoms. The summed E-state index contributed by atoms with van der Waals surface area (Å²) in [5.41, 5.74) is 4.57. The van der Waals surface area contributed by atoms with Crippen LogP contribution in [0.25, 0.3) is 11.0 Å². The maximum Gasteiger partial charge on any atom is 0.307 e. The molecule has 0 aliphatic carbocycles. The highest BCUT2D eigenvalue weighted by molar-refractivity contribution is 9.10. The van der Waals surface area contributed by atoms with E-state index in [1.807, 2.05) is 18.2 Å². The number of hydrogen-bond donors (Lipinski definition) is 1. The fourth-order valence-electron chi connectivity index (χ4n) is 2.97. The highest BCUT2D eigenvalue weighted by atomic mass is 79.9. The summed E-state index contributed by atoms with van der Waals surface area (Å²) >= 11 is 3.47. The van der Waals surface area contributed by atoms with Gasteiger partial charge in [0.05, 0.1) is 13.3 Å². The van der Waals surface area contributed by atoms with Crippen molar-refractivity contribution in [3.63, 3.8) is 0 Å². The van der Waals surface area contributed by atoms with E-state index < -0.39 is 5.91 Å². The van der Waals surface area contributed by atoms with Crippen molar-refractivity contribution >= 4 is 39.0 Å². The number of amides is 1. The number of para-hydroxylation sites is 1. The van der Waals surface area contributed by atoms with Gasteiger partial charge in [0.25, 0.3) is 0 Å². The fourth-order valence-corrected chi connectivity index (χ4v) is 3.40. The monoisotopic (exact) mass is 496 g/mol. The van der Waals surface area contributed by atoms with Crippen molar-refractivity contribution in [3.05, 3.63) is 93.9 Å². The lowest BCUT2D eigenvalue weighted by Gasteiger charge is -2.12. The number of benzene rings is 3. The molecule has 3 aromatic carbocycles. The van der Waals surface area contributed by atoms with Crippen molar-refractivity contribution in [2.75, 3.05) is 7.11 Å². The molecule has 0 aliphatic rings. The first-order chi connectivity index (χ1) is 15.5. The Hall–Kier alpha value is -3.65. The summed E-state index contributed by atoms with van der Waals surface area (Å²) in [5, 5.41) is 4.85. The van der Waals surface area contributed by atoms with Gasteiger partial charge in [-0.2, -0.15) is 5.10 Å². The second-order valence-corrected chi connectivity index (χ2v) is 7.64. The topological polar surface area (TPSA) is 73.1 Å². The van der Waals surface area contributed by atoms with Crippen LogP contribution >= 0.6 is 15.9 Å². The normalized spacial score (nSPS) is 11.1. The number of furan rings is 1. The lowest BCUT2D eigenvalue weighted by Crippen LogP contribution is -2.16. The van der Waals surface area contributed by atoms with Crippen LogP contribution in [0, 0.1) is 5.82 Å². The van der Waals surface area contributed by atoms with Crippen LogP contribution in [0.1, 0.15) is 21.7 Å². The van der Waals surface area contributed by atoms with Crippen LogP contribution in [0.4, 0.5) is 4.39 Å². The standard InChI is InChI=1S/C24H18BrFN2O4/c1-30-21-11-17(19(25)12-22(21)31-14-15-6-8-18(26)9-7-15)13-27-28-24(29)23-10-16-4-2-3-5-20(16)32-23/h2-13H,14H2,1H3,(H,28,29)/b27-13+. The second-order valence-electron chi connectivity index (χ2n) is 6.79. The smallest absolute Gasteiger partial charge is 0.307 e. The Morgan fingerprint density at radius 3 is 2.66 bits per heavy atom. The van der Waals surface area contributed by atoms with Crippen molar-refractivity contribution in [3.8, 4) is 11.5 Å². The number of hydrazone groups is 1. The van der Waals surface area contributed by atoms with Gasteiger partial charge in [0.2, 0.25) is 0 Å². The van der Waals surface area contributed by atoms with Crippen molar-refractivity contribution < 1.29 is 23.1 Å². The Bertz CT molecular complexity index is 1250. The summed E-state index contributed by atoms with van der Waals surface area (Å²) in [6, 6.07) is 18.6. The number of nitrogens with zero attached hydrogens (tertiary/aromatic N) is 1. The zero-order valence-electron chi connectivity index (χ0n) is 17.0. The van der Waals surface area contributed by atoms with Crippen molar-refractivity contribution in [2.24, 2.45) is 5.10 Å². The van der Waals surface area contributed by atoms with Crippen molar-refractivity contribution in [1.82, 2.24) is 5.43 Å². The molecule has 1 amide bonds. The van der Waals surface area contributed by atoms with E-state index in [1.54, 1.807) is 36.4 Å². The van der Waals surface area contributed by atoms with Gasteiger partial charge in [-0.05, 0) is 57.9 Å². The largest absolute Gasteiger partial charge is 0.493 e. The van der Waals surface area contributed by atoms with Gasteiger partial charge < -0.3 is 13.9 Å². The SMILES string of the molecule is COc1cc(/C=N/NC(=O)c2cc3ccccc3o2)c(Br)cc1OCc1ccc(F)cc1. The van der Waals surface area contributed by atoms with E-state index in [9.17, 15) is 9.18 Å². The second kappa shape index (κ2) is 9.65. The Balaban J connectivity index is 1.44. The third kappa shape index (κ3) is 4.97. The number of nitrogens with one attached hydrogen (secondary N) is 1. The van der Waals surface area contributed by atoms with Crippen LogP contribution in [0.2, 0.25) is 0 Å². The molecule has 0 bridgehead atoms. The maximum absolute atomic E-state index is 13.1. The number of carbonyl (C=O) groups excluding carboxylic acids is 1. The van der Waals surface area contributed by atoms with Crippen LogP contribution in [-0.4, -0.2) is 19.2 Å². The molecule has 8 heteroatoms. The molecule has 0 fully saturated rings. The Morgan fingerprint density at radius 2 is 1.91 bits per heavy atom. The van der Waals surface area contributed by atoms with Gasteiger partial charge >= 0.3 is 5.91 Å². The first kappa shape index (κ1) is 21.6. The third-order valence-corrected chi connectivity index (χ3v) is 5.30. The molecule has 1 heterocycles. The highest BCUT2D eigenvalue weighted by Gasteiger charge is 2.12. The summed E-state index contributed by atoms with van der Waals surface area (Å²) in [6.45, 7) is 0.254. The van der Waals surface area contributed by atoms with Gasteiger partial charge in [-0.3, -0.25) is 4.79 Å². The van der Waals surface area contributed by atoms with E-state index in [2.05, 4.69) is 26.5 Å². The van der Waals surface area contributed by atoms with Crippen LogP contribution < -0.4 is 14.9 Å². The van der Waals surface area contributed by atoms with Gasteiger partial charge in [-0.1, -0.05) is 30.3 Å². The van der Waals surface area contributed by atoms with Gasteiger partial charge in [-0.15, -0.1) is 0 Å². The zero-order chi connectivity index (χ0) is 22.5. The van der Waals surface area contributed by atoms with Crippen molar-refractivity contribution in [1.29, 1.82) is 0 Å². The van der Waals surface area contributed by atoms with E-state index in [4.69, 9.17) is 13.9 Å². The molecule has 0 spiro atoms. The molecule has 0 radical (unpaired) electrons. The predicted molar refractivity (Wildman–Crippen MR) is 123 cm³/mol. The number of halogens is 2. The fraction of sp³-hybridized carbons (Fsp3) is 0.0833. The summed E-state index contributed by atoms with van der Waals surface area (Å²) in [7, 11) is 1.53. The Kier molecular flexibility index (Phi) is 6.51. The van der Waals surface area contributed by atoms with Gasteiger partial charge in [0, 0.05) is 15.4 Å². The molecule has 0 aliphatic heterocycles. The van der Waals surface area contributed by atoms with E-state index in [1.165, 1.54) is 25.5 Å². The number of methoxy groups -OCH3 is 1. The number of rotatable bonds is 7. The number of hydrogen-bond acceptors (Lipinski definition) is 5. The summed E-state index contributed by atoms with van der Waals surface area (Å²) in [5.74, 6) is 0.405. The Morgan fingerprint density at radius 1 is 1.12 bits per heavy atom. The molecule has 6 nitrogen and oxygen atoms in total. The molecule has 1 aromatic heterocycles. The van der Waals surface area contributed by atoms with Gasteiger partial charge in [0.1, 0.15) is 18.0 Å². The average Bonchev–Trinajstić information content (AvgIpc) is 3.24. The molecular formula is C24H18BrFN2O4. The molecule has 4 rings (SSSR count). The van der Waals surface area contributed by atoms with E-state index >= 15 is 0 Å². The van der Waals surface area contributed by atoms with E-state index in [0.717, 1.165) is 10.9 Å². The zero-order valence-corrected chi connectivity index (χ0v) is 18.6. The molecule has 1 N–H and O–H groups in total. The van der Waals surface area contributed by atoms with Crippen LogP contribution in [0.5, 0.6) is 11.5 Å². The first-order valence-electron chi connectivity index (χ1n) is 9.60. The quantitative estimate of drug-likeness (QED) is 0.263. The van der Waals surface area contributed by atoms with E-state index in [-0.39, 0.29) is 18.2 Å². The molecule has 162 valence electrons. The molecule has 0 saturated carbocycles. The van der Waals surface area contributed by atoms with Gasteiger partial charge in [0.15, 0.2) is 17.3 Å². The van der Waals surface area contributed by atoms with Gasteiger partial charge in [-0.25, -0.2) is 9.82 Å². The lowest BCUT2D eigenvalue weighted by molar-refractivity contribution is 0.0929. The lowest BCUT2D eigenvalue weighted by atomic mass is 10.2. The van der Waals surface area contributed by atoms with Crippen molar-refractivity contribution in [2.45, 2.75) is 6.61 Å². The maximum atomic E-state index is 13.1.